The number of thiazole rings is 1. The lowest BCUT2D eigenvalue weighted by atomic mass is 10.1. The van der Waals surface area contributed by atoms with Crippen molar-refractivity contribution in [3.05, 3.63) is 52.0 Å². The van der Waals surface area contributed by atoms with Crippen molar-refractivity contribution in [1.29, 1.82) is 0 Å². The molecule has 2 aromatic rings. The SMILES string of the molecule is CO[C@@H](c1ccccc1)c1nc(CCl)cs1. The lowest BCUT2D eigenvalue weighted by molar-refractivity contribution is 0.136. The monoisotopic (exact) mass is 253 g/mol. The van der Waals surface area contributed by atoms with E-state index in [0.717, 1.165) is 16.3 Å². The highest BCUT2D eigenvalue weighted by Crippen LogP contribution is 2.28. The molecule has 0 amide bonds. The molecular formula is C12H12ClNOS. The summed E-state index contributed by atoms with van der Waals surface area (Å²) in [6, 6.07) is 10.1. The smallest absolute Gasteiger partial charge is 0.134 e. The minimum absolute atomic E-state index is 0.0943. The van der Waals surface area contributed by atoms with Gasteiger partial charge in [0.05, 0.1) is 11.6 Å². The van der Waals surface area contributed by atoms with Crippen LogP contribution in [0.15, 0.2) is 35.7 Å². The molecule has 1 aromatic carbocycles. The molecule has 84 valence electrons. The number of hydrogen-bond donors (Lipinski definition) is 0. The zero-order valence-electron chi connectivity index (χ0n) is 8.89. The number of aromatic nitrogens is 1. The molecule has 0 aliphatic rings. The van der Waals surface area contributed by atoms with Crippen molar-refractivity contribution in [3.63, 3.8) is 0 Å². The molecule has 1 aromatic heterocycles. The van der Waals surface area contributed by atoms with Crippen molar-refractivity contribution in [2.45, 2.75) is 12.0 Å². The molecule has 0 fully saturated rings. The highest BCUT2D eigenvalue weighted by atomic mass is 35.5. The van der Waals surface area contributed by atoms with Gasteiger partial charge in [0.1, 0.15) is 11.1 Å². The molecule has 0 spiro atoms. The standard InChI is InChI=1S/C12H12ClNOS/c1-15-11(9-5-3-2-4-6-9)12-14-10(7-13)8-16-12/h2-6,8,11H,7H2,1H3/t11-/m0/s1. The fourth-order valence-electron chi connectivity index (χ4n) is 1.51. The number of nitrogens with zero attached hydrogens (tertiary/aromatic N) is 1. The van der Waals surface area contributed by atoms with Gasteiger partial charge in [-0.1, -0.05) is 30.3 Å². The van der Waals surface area contributed by atoms with Crippen LogP contribution >= 0.6 is 22.9 Å². The first kappa shape index (κ1) is 11.6. The predicted octanol–water partition coefficient (Wildman–Crippen LogP) is 3.62. The van der Waals surface area contributed by atoms with Crippen LogP contribution in [0.25, 0.3) is 0 Å². The Kier molecular flexibility index (Phi) is 3.93. The Morgan fingerprint density at radius 3 is 2.69 bits per heavy atom. The van der Waals surface area contributed by atoms with Crippen LogP contribution in [0.2, 0.25) is 0 Å². The molecule has 1 atom stereocenters. The van der Waals surface area contributed by atoms with Gasteiger partial charge < -0.3 is 4.74 Å². The molecule has 0 aliphatic carbocycles. The average Bonchev–Trinajstić information content (AvgIpc) is 2.80. The molecule has 0 saturated carbocycles. The highest BCUT2D eigenvalue weighted by molar-refractivity contribution is 7.09. The number of hydrogen-bond acceptors (Lipinski definition) is 3. The number of ether oxygens (including phenoxy) is 1. The van der Waals surface area contributed by atoms with Crippen molar-refractivity contribution < 1.29 is 4.74 Å². The maximum atomic E-state index is 5.74. The van der Waals surface area contributed by atoms with Crippen LogP contribution < -0.4 is 0 Å². The Bertz CT molecular complexity index is 443. The Hall–Kier alpha value is -0.900. The van der Waals surface area contributed by atoms with Gasteiger partial charge in [-0.05, 0) is 5.56 Å². The van der Waals surface area contributed by atoms with Crippen LogP contribution in [0.5, 0.6) is 0 Å². The summed E-state index contributed by atoms with van der Waals surface area (Å²) in [4.78, 5) is 4.44. The second-order valence-corrected chi connectivity index (χ2v) is 4.49. The lowest BCUT2D eigenvalue weighted by Crippen LogP contribution is -2.02. The molecule has 16 heavy (non-hydrogen) atoms. The van der Waals surface area contributed by atoms with Crippen LogP contribution in [0, 0.1) is 0 Å². The molecule has 4 heteroatoms. The van der Waals surface area contributed by atoms with Gasteiger partial charge in [0.25, 0.3) is 0 Å². The number of benzene rings is 1. The molecule has 0 bridgehead atoms. The topological polar surface area (TPSA) is 22.1 Å². The van der Waals surface area contributed by atoms with Crippen LogP contribution in [0.3, 0.4) is 0 Å². The molecule has 0 unspecified atom stereocenters. The summed E-state index contributed by atoms with van der Waals surface area (Å²) >= 11 is 7.32. The lowest BCUT2D eigenvalue weighted by Gasteiger charge is -2.12. The second kappa shape index (κ2) is 5.43. The van der Waals surface area contributed by atoms with Crippen LogP contribution in [0.1, 0.15) is 22.4 Å². The molecule has 0 saturated heterocycles. The summed E-state index contributed by atoms with van der Waals surface area (Å²) in [5.41, 5.74) is 2.01. The summed E-state index contributed by atoms with van der Waals surface area (Å²) in [5, 5.41) is 2.92. The second-order valence-electron chi connectivity index (χ2n) is 3.34. The summed E-state index contributed by atoms with van der Waals surface area (Å²) in [5.74, 6) is 0.446. The highest BCUT2D eigenvalue weighted by Gasteiger charge is 2.16. The average molecular weight is 254 g/mol. The van der Waals surface area contributed by atoms with Gasteiger partial charge in [0, 0.05) is 12.5 Å². The number of halogens is 1. The first-order valence-corrected chi connectivity index (χ1v) is 6.34. The number of rotatable bonds is 4. The van der Waals surface area contributed by atoms with Crippen molar-refractivity contribution in [2.75, 3.05) is 7.11 Å². The maximum Gasteiger partial charge on any atom is 0.134 e. The minimum atomic E-state index is -0.0943. The molecule has 2 nitrogen and oxygen atoms in total. The Balaban J connectivity index is 2.29. The number of methoxy groups -OCH3 is 1. The van der Waals surface area contributed by atoms with Gasteiger partial charge in [-0.15, -0.1) is 22.9 Å². The van der Waals surface area contributed by atoms with E-state index in [0.29, 0.717) is 5.88 Å². The van der Waals surface area contributed by atoms with Crippen molar-refractivity contribution >= 4 is 22.9 Å². The molecular weight excluding hydrogens is 242 g/mol. The zero-order chi connectivity index (χ0) is 11.4. The van der Waals surface area contributed by atoms with Gasteiger partial charge in [-0.25, -0.2) is 4.98 Å². The molecule has 2 rings (SSSR count). The zero-order valence-corrected chi connectivity index (χ0v) is 10.5. The first-order valence-electron chi connectivity index (χ1n) is 4.93. The molecule has 0 N–H and O–H groups in total. The third kappa shape index (κ3) is 2.43. The third-order valence-electron chi connectivity index (χ3n) is 2.27. The predicted molar refractivity (Wildman–Crippen MR) is 67.0 cm³/mol. The largest absolute Gasteiger partial charge is 0.370 e. The van der Waals surface area contributed by atoms with Crippen molar-refractivity contribution in [1.82, 2.24) is 4.98 Å². The Labute approximate surface area is 104 Å². The van der Waals surface area contributed by atoms with E-state index in [1.54, 1.807) is 18.4 Å². The third-order valence-corrected chi connectivity index (χ3v) is 3.48. The van der Waals surface area contributed by atoms with Crippen LogP contribution in [0.4, 0.5) is 0 Å². The van der Waals surface area contributed by atoms with E-state index < -0.39 is 0 Å². The number of alkyl halides is 1. The summed E-state index contributed by atoms with van der Waals surface area (Å²) < 4.78 is 5.49. The quantitative estimate of drug-likeness (QED) is 0.777. The van der Waals surface area contributed by atoms with E-state index in [1.165, 1.54) is 0 Å². The van der Waals surface area contributed by atoms with E-state index in [1.807, 2.05) is 35.7 Å². The normalized spacial score (nSPS) is 12.6. The van der Waals surface area contributed by atoms with Gasteiger partial charge in [-0.2, -0.15) is 0 Å². The molecule has 0 aliphatic heterocycles. The van der Waals surface area contributed by atoms with E-state index in [-0.39, 0.29) is 6.10 Å². The van der Waals surface area contributed by atoms with Crippen LogP contribution in [-0.4, -0.2) is 12.1 Å². The fraction of sp³-hybridized carbons (Fsp3) is 0.250. The Morgan fingerprint density at radius 2 is 2.12 bits per heavy atom. The summed E-state index contributed by atoms with van der Waals surface area (Å²) in [6.07, 6.45) is -0.0943. The van der Waals surface area contributed by atoms with Gasteiger partial charge in [0.15, 0.2) is 0 Å². The van der Waals surface area contributed by atoms with Crippen LogP contribution in [-0.2, 0) is 10.6 Å². The summed E-state index contributed by atoms with van der Waals surface area (Å²) in [6.45, 7) is 0. The van der Waals surface area contributed by atoms with E-state index >= 15 is 0 Å². The maximum absolute atomic E-state index is 5.74. The summed E-state index contributed by atoms with van der Waals surface area (Å²) in [7, 11) is 1.69. The van der Waals surface area contributed by atoms with E-state index in [2.05, 4.69) is 4.98 Å². The van der Waals surface area contributed by atoms with Crippen molar-refractivity contribution in [2.24, 2.45) is 0 Å². The van der Waals surface area contributed by atoms with Crippen molar-refractivity contribution in [3.8, 4) is 0 Å². The molecule has 1 heterocycles. The van der Waals surface area contributed by atoms with E-state index in [4.69, 9.17) is 16.3 Å². The van der Waals surface area contributed by atoms with Gasteiger partial charge in [0.2, 0.25) is 0 Å². The van der Waals surface area contributed by atoms with Gasteiger partial charge in [-0.3, -0.25) is 0 Å². The van der Waals surface area contributed by atoms with E-state index in [9.17, 15) is 0 Å². The first-order chi connectivity index (χ1) is 7.85. The minimum Gasteiger partial charge on any atom is -0.370 e. The Morgan fingerprint density at radius 1 is 1.38 bits per heavy atom. The fourth-order valence-corrected chi connectivity index (χ4v) is 2.66. The van der Waals surface area contributed by atoms with Gasteiger partial charge >= 0.3 is 0 Å². The molecule has 0 radical (unpaired) electrons.